The Morgan fingerprint density at radius 2 is 1.86 bits per heavy atom. The van der Waals surface area contributed by atoms with E-state index in [9.17, 15) is 9.59 Å². The molecule has 0 amide bonds. The van der Waals surface area contributed by atoms with Crippen LogP contribution in [0.25, 0.3) is 31.1 Å². The summed E-state index contributed by atoms with van der Waals surface area (Å²) in [5, 5.41) is 2.03. The predicted octanol–water partition coefficient (Wildman–Crippen LogP) is 4.19. The van der Waals surface area contributed by atoms with Gasteiger partial charge in [-0.15, -0.1) is 11.3 Å². The van der Waals surface area contributed by atoms with E-state index in [0.29, 0.717) is 21.0 Å². The Hall–Kier alpha value is -1.73. The number of H-pyrrole nitrogens is 1. The van der Waals surface area contributed by atoms with Crippen molar-refractivity contribution in [1.29, 1.82) is 0 Å². The Labute approximate surface area is 142 Å². The first-order valence-electron chi connectivity index (χ1n) is 6.75. The van der Waals surface area contributed by atoms with E-state index >= 15 is 0 Å². The van der Waals surface area contributed by atoms with Gasteiger partial charge in [0.2, 0.25) is 0 Å². The molecule has 0 bridgehead atoms. The number of hydrogen-bond acceptors (Lipinski definition) is 3. The van der Waals surface area contributed by atoms with E-state index in [2.05, 4.69) is 27.6 Å². The van der Waals surface area contributed by atoms with Crippen LogP contribution in [0.15, 0.2) is 52.1 Å². The summed E-state index contributed by atoms with van der Waals surface area (Å²) in [5.74, 6) is 0. The van der Waals surface area contributed by atoms with Crippen molar-refractivity contribution < 1.29 is 0 Å². The number of benzene rings is 2. The maximum absolute atomic E-state index is 13.0. The summed E-state index contributed by atoms with van der Waals surface area (Å²) in [7, 11) is 0. The second-order valence-corrected chi connectivity index (χ2v) is 6.91. The lowest BCUT2D eigenvalue weighted by Crippen LogP contribution is -2.11. The number of alkyl halides is 1. The van der Waals surface area contributed by atoms with Gasteiger partial charge in [0.1, 0.15) is 4.70 Å². The SMILES string of the molecule is O=c1[nH]c2ccccc2c2c(=O)c3cc(CI)ccc3sc12. The molecule has 0 spiro atoms. The molecule has 0 fully saturated rings. The van der Waals surface area contributed by atoms with Crippen molar-refractivity contribution in [2.75, 3.05) is 0 Å². The molecule has 108 valence electrons. The van der Waals surface area contributed by atoms with Gasteiger partial charge >= 0.3 is 0 Å². The van der Waals surface area contributed by atoms with Crippen molar-refractivity contribution in [1.82, 2.24) is 4.98 Å². The first-order chi connectivity index (χ1) is 10.7. The number of halogens is 1. The molecule has 4 aromatic rings. The monoisotopic (exact) mass is 419 g/mol. The van der Waals surface area contributed by atoms with Gasteiger partial charge in [0.05, 0.1) is 5.39 Å². The van der Waals surface area contributed by atoms with Gasteiger partial charge in [-0.3, -0.25) is 9.59 Å². The van der Waals surface area contributed by atoms with E-state index in [1.807, 2.05) is 42.5 Å². The lowest BCUT2D eigenvalue weighted by atomic mass is 10.1. The average molecular weight is 419 g/mol. The lowest BCUT2D eigenvalue weighted by molar-refractivity contribution is 1.35. The molecule has 0 aliphatic rings. The van der Waals surface area contributed by atoms with Crippen LogP contribution in [0.3, 0.4) is 0 Å². The maximum atomic E-state index is 13.0. The molecule has 22 heavy (non-hydrogen) atoms. The fraction of sp³-hybridized carbons (Fsp3) is 0.0588. The highest BCUT2D eigenvalue weighted by molar-refractivity contribution is 14.1. The third-order valence-corrected chi connectivity index (χ3v) is 5.81. The van der Waals surface area contributed by atoms with Gasteiger partial charge in [-0.1, -0.05) is 46.9 Å². The molecule has 4 rings (SSSR count). The summed E-state index contributed by atoms with van der Waals surface area (Å²) >= 11 is 3.66. The van der Waals surface area contributed by atoms with Gasteiger partial charge in [-0.2, -0.15) is 0 Å². The van der Waals surface area contributed by atoms with E-state index in [1.54, 1.807) is 0 Å². The Morgan fingerprint density at radius 3 is 2.68 bits per heavy atom. The minimum Gasteiger partial charge on any atom is -0.321 e. The van der Waals surface area contributed by atoms with Crippen molar-refractivity contribution in [3.05, 3.63) is 68.6 Å². The van der Waals surface area contributed by atoms with Crippen LogP contribution in [0, 0.1) is 0 Å². The lowest BCUT2D eigenvalue weighted by Gasteiger charge is -2.05. The first kappa shape index (κ1) is 13.9. The Balaban J connectivity index is 2.33. The van der Waals surface area contributed by atoms with Crippen molar-refractivity contribution in [2.45, 2.75) is 4.43 Å². The van der Waals surface area contributed by atoms with Crippen LogP contribution in [-0.2, 0) is 4.43 Å². The van der Waals surface area contributed by atoms with Crippen LogP contribution < -0.4 is 11.0 Å². The maximum Gasteiger partial charge on any atom is 0.266 e. The molecule has 5 heteroatoms. The largest absolute Gasteiger partial charge is 0.321 e. The molecule has 3 nitrogen and oxygen atoms in total. The number of fused-ring (bicyclic) bond motifs is 4. The fourth-order valence-electron chi connectivity index (χ4n) is 2.72. The van der Waals surface area contributed by atoms with Crippen LogP contribution in [-0.4, -0.2) is 4.98 Å². The number of hydrogen-bond donors (Lipinski definition) is 1. The quantitative estimate of drug-likeness (QED) is 0.218. The van der Waals surface area contributed by atoms with Gasteiger partial charge in [0.15, 0.2) is 5.43 Å². The molecule has 1 N–H and O–H groups in total. The molecule has 0 unspecified atom stereocenters. The summed E-state index contributed by atoms with van der Waals surface area (Å²) < 4.78 is 2.21. The second-order valence-electron chi connectivity index (χ2n) is 5.10. The van der Waals surface area contributed by atoms with Crippen molar-refractivity contribution in [3.63, 3.8) is 0 Å². The van der Waals surface area contributed by atoms with E-state index in [0.717, 1.165) is 20.1 Å². The fourth-order valence-corrected chi connectivity index (χ4v) is 4.26. The Bertz CT molecular complexity index is 1160. The third kappa shape index (κ3) is 1.99. The number of aromatic nitrogens is 1. The van der Waals surface area contributed by atoms with E-state index in [1.165, 1.54) is 11.3 Å². The molecule has 2 aromatic carbocycles. The van der Waals surface area contributed by atoms with Gasteiger partial charge in [0, 0.05) is 25.4 Å². The molecule has 0 saturated carbocycles. The first-order valence-corrected chi connectivity index (χ1v) is 9.09. The van der Waals surface area contributed by atoms with E-state index in [-0.39, 0.29) is 11.0 Å². The van der Waals surface area contributed by atoms with Crippen LogP contribution in [0.4, 0.5) is 0 Å². The zero-order valence-electron chi connectivity index (χ0n) is 11.4. The molecule has 0 radical (unpaired) electrons. The minimum atomic E-state index is -0.198. The second kappa shape index (κ2) is 5.17. The summed E-state index contributed by atoms with van der Waals surface area (Å²) in [6.07, 6.45) is 0. The minimum absolute atomic E-state index is 0.0576. The highest BCUT2D eigenvalue weighted by Gasteiger charge is 2.12. The predicted molar refractivity (Wildman–Crippen MR) is 101 cm³/mol. The zero-order chi connectivity index (χ0) is 15.3. The molecule has 2 heterocycles. The summed E-state index contributed by atoms with van der Waals surface area (Å²) in [4.78, 5) is 28.2. The molecule has 2 aromatic heterocycles. The summed E-state index contributed by atoms with van der Waals surface area (Å²) in [5.41, 5.74) is 1.56. The van der Waals surface area contributed by atoms with Gasteiger partial charge in [0.25, 0.3) is 5.56 Å². The summed E-state index contributed by atoms with van der Waals surface area (Å²) in [6, 6.07) is 13.3. The average Bonchev–Trinajstić information content (AvgIpc) is 2.55. The third-order valence-electron chi connectivity index (χ3n) is 3.76. The Morgan fingerprint density at radius 1 is 1.05 bits per heavy atom. The van der Waals surface area contributed by atoms with E-state index in [4.69, 9.17) is 0 Å². The molecular formula is C17H10INO2S. The molecule has 0 saturated heterocycles. The van der Waals surface area contributed by atoms with Crippen molar-refractivity contribution >= 4 is 65.0 Å². The van der Waals surface area contributed by atoms with Crippen LogP contribution >= 0.6 is 33.9 Å². The van der Waals surface area contributed by atoms with Crippen molar-refractivity contribution in [3.8, 4) is 0 Å². The van der Waals surface area contributed by atoms with E-state index < -0.39 is 0 Å². The zero-order valence-corrected chi connectivity index (χ0v) is 14.3. The highest BCUT2D eigenvalue weighted by Crippen LogP contribution is 2.27. The van der Waals surface area contributed by atoms with Crippen LogP contribution in [0.5, 0.6) is 0 Å². The van der Waals surface area contributed by atoms with Gasteiger partial charge < -0.3 is 4.98 Å². The normalized spacial score (nSPS) is 11.5. The van der Waals surface area contributed by atoms with Gasteiger partial charge in [-0.25, -0.2) is 0 Å². The highest BCUT2D eigenvalue weighted by atomic mass is 127. The number of aromatic amines is 1. The molecule has 0 atom stereocenters. The molecule has 0 aliphatic carbocycles. The summed E-state index contributed by atoms with van der Waals surface area (Å²) in [6.45, 7) is 0. The standard InChI is InChI=1S/C17H10INO2S/c18-8-9-5-6-13-11(7-9)15(20)14-10-3-1-2-4-12(10)19-17(21)16(14)22-13/h1-7H,8H2,(H,19,21). The molecule has 0 aliphatic heterocycles. The topological polar surface area (TPSA) is 49.9 Å². The smallest absolute Gasteiger partial charge is 0.266 e. The number of pyridine rings is 1. The van der Waals surface area contributed by atoms with Gasteiger partial charge in [-0.05, 0) is 23.8 Å². The molecular weight excluding hydrogens is 409 g/mol. The number of nitrogens with one attached hydrogen (secondary N) is 1. The Kier molecular flexibility index (Phi) is 3.27. The number of rotatable bonds is 1. The van der Waals surface area contributed by atoms with Crippen LogP contribution in [0.1, 0.15) is 5.56 Å². The van der Waals surface area contributed by atoms with Crippen LogP contribution in [0.2, 0.25) is 0 Å². The van der Waals surface area contributed by atoms with Crippen molar-refractivity contribution in [2.24, 2.45) is 0 Å². The number of para-hydroxylation sites is 1.